The van der Waals surface area contributed by atoms with Gasteiger partial charge in [0.25, 0.3) is 5.56 Å². The smallest absolute Gasteiger partial charge is 0.256 e. The summed E-state index contributed by atoms with van der Waals surface area (Å²) in [6, 6.07) is 7.16. The van der Waals surface area contributed by atoms with Gasteiger partial charge in [0, 0.05) is 22.4 Å². The van der Waals surface area contributed by atoms with Gasteiger partial charge in [-0.3, -0.25) is 9.59 Å². The normalized spacial score (nSPS) is 19.5. The first kappa shape index (κ1) is 25.4. The topological polar surface area (TPSA) is 115 Å². The highest BCUT2D eigenvalue weighted by atomic mass is 35.5. The fraction of sp³-hybridized carbons (Fsp3) is 0.560. The van der Waals surface area contributed by atoms with E-state index in [-0.39, 0.29) is 35.8 Å². The molecule has 1 aliphatic rings. The number of nitrogens with one attached hydrogen (secondary N) is 2. The molecule has 33 heavy (non-hydrogen) atoms. The lowest BCUT2D eigenvalue weighted by molar-refractivity contribution is -0.129. The number of hydrogen-bond acceptors (Lipinski definition) is 5. The minimum Gasteiger partial charge on any atom is -0.368 e. The molecule has 8 heteroatoms. The van der Waals surface area contributed by atoms with E-state index in [2.05, 4.69) is 24.1 Å². The maximum Gasteiger partial charge on any atom is 0.256 e. The first-order valence-electron chi connectivity index (χ1n) is 11.8. The van der Waals surface area contributed by atoms with Gasteiger partial charge in [-0.05, 0) is 62.3 Å². The van der Waals surface area contributed by atoms with Crippen LogP contribution >= 0.6 is 11.6 Å². The van der Waals surface area contributed by atoms with Gasteiger partial charge in [-0.15, -0.1) is 0 Å². The van der Waals surface area contributed by atoms with E-state index in [1.54, 1.807) is 12.1 Å². The standard InChI is InChI=1S/C25H34ClN3O4/c1-3-4-5-15(2)21-20(14-27-23(30)17-6-8-18(9-7-17)25(32)33)24(31)29-22(28-21)16-10-12-19(26)13-11-16/h10-13,15,17-18,25,32-33H,3-9,14H2,1-2H3,(H,27,30)(H,28,29,31). The number of aliphatic hydroxyl groups excluding tert-OH is 1. The molecule has 1 heterocycles. The molecule has 180 valence electrons. The number of hydrogen-bond donors (Lipinski definition) is 4. The Labute approximate surface area is 199 Å². The third kappa shape index (κ3) is 6.65. The Balaban J connectivity index is 1.79. The summed E-state index contributed by atoms with van der Waals surface area (Å²) >= 11 is 6.00. The predicted octanol–water partition coefficient (Wildman–Crippen LogP) is 4.12. The Hall–Kier alpha value is -2.22. The van der Waals surface area contributed by atoms with Crippen LogP contribution in [0.4, 0.5) is 0 Å². The fourth-order valence-electron chi connectivity index (χ4n) is 4.48. The van der Waals surface area contributed by atoms with E-state index in [4.69, 9.17) is 16.6 Å². The average Bonchev–Trinajstić information content (AvgIpc) is 2.81. The second kappa shape index (κ2) is 11.8. The lowest BCUT2D eigenvalue weighted by atomic mass is 9.81. The van der Waals surface area contributed by atoms with Gasteiger partial charge in [-0.1, -0.05) is 38.3 Å². The van der Waals surface area contributed by atoms with Crippen LogP contribution in [0, 0.1) is 11.8 Å². The number of aliphatic hydroxyl groups is 2. The largest absolute Gasteiger partial charge is 0.368 e. The van der Waals surface area contributed by atoms with E-state index < -0.39 is 6.29 Å². The Morgan fingerprint density at radius 3 is 2.48 bits per heavy atom. The van der Waals surface area contributed by atoms with Crippen molar-refractivity contribution in [1.82, 2.24) is 15.3 Å². The van der Waals surface area contributed by atoms with Gasteiger partial charge in [-0.2, -0.15) is 0 Å². The maximum atomic E-state index is 13.1. The van der Waals surface area contributed by atoms with Crippen molar-refractivity contribution < 1.29 is 15.0 Å². The summed E-state index contributed by atoms with van der Waals surface area (Å²) in [5.41, 5.74) is 1.73. The zero-order chi connectivity index (χ0) is 24.0. The third-order valence-corrected chi connectivity index (χ3v) is 6.88. The molecule has 1 unspecified atom stereocenters. The number of H-pyrrole nitrogens is 1. The van der Waals surface area contributed by atoms with Crippen molar-refractivity contribution in [3.05, 3.63) is 50.9 Å². The van der Waals surface area contributed by atoms with Crippen molar-refractivity contribution in [1.29, 1.82) is 0 Å². The van der Waals surface area contributed by atoms with E-state index in [1.807, 2.05) is 12.1 Å². The van der Waals surface area contributed by atoms with Crippen molar-refractivity contribution in [3.63, 3.8) is 0 Å². The molecule has 3 rings (SSSR count). The van der Waals surface area contributed by atoms with Gasteiger partial charge in [-0.25, -0.2) is 4.98 Å². The van der Waals surface area contributed by atoms with E-state index >= 15 is 0 Å². The van der Waals surface area contributed by atoms with Gasteiger partial charge in [0.2, 0.25) is 5.91 Å². The molecule has 7 nitrogen and oxygen atoms in total. The SMILES string of the molecule is CCCCC(C)c1nc(-c2ccc(Cl)cc2)[nH]c(=O)c1CNC(=O)C1CCC(C(O)O)CC1. The number of aromatic amines is 1. The molecule has 1 aromatic heterocycles. The number of aromatic nitrogens is 2. The Kier molecular flexibility index (Phi) is 9.06. The first-order chi connectivity index (χ1) is 15.8. The Morgan fingerprint density at radius 1 is 1.21 bits per heavy atom. The number of rotatable bonds is 9. The second-order valence-electron chi connectivity index (χ2n) is 9.07. The maximum absolute atomic E-state index is 13.1. The fourth-order valence-corrected chi connectivity index (χ4v) is 4.61. The molecular weight excluding hydrogens is 442 g/mol. The van der Waals surface area contributed by atoms with Crippen LogP contribution in [0.15, 0.2) is 29.1 Å². The quantitative estimate of drug-likeness (QED) is 0.407. The highest BCUT2D eigenvalue weighted by Crippen LogP contribution is 2.30. The first-order valence-corrected chi connectivity index (χ1v) is 12.2. The minimum atomic E-state index is -1.33. The summed E-state index contributed by atoms with van der Waals surface area (Å²) in [6.07, 6.45) is 4.08. The number of nitrogens with zero attached hydrogens (tertiary/aromatic N) is 1. The average molecular weight is 476 g/mol. The van der Waals surface area contributed by atoms with Crippen molar-refractivity contribution in [2.75, 3.05) is 0 Å². The van der Waals surface area contributed by atoms with E-state index in [0.29, 0.717) is 47.8 Å². The summed E-state index contributed by atoms with van der Waals surface area (Å²) in [4.78, 5) is 33.5. The number of benzene rings is 1. The van der Waals surface area contributed by atoms with Crippen LogP contribution in [0.2, 0.25) is 5.02 Å². The zero-order valence-electron chi connectivity index (χ0n) is 19.3. The van der Waals surface area contributed by atoms with Crippen LogP contribution in [0.1, 0.15) is 76.0 Å². The highest BCUT2D eigenvalue weighted by molar-refractivity contribution is 6.30. The number of carbonyl (C=O) groups is 1. The Morgan fingerprint density at radius 2 is 1.88 bits per heavy atom. The molecule has 2 aromatic rings. The second-order valence-corrected chi connectivity index (χ2v) is 9.51. The van der Waals surface area contributed by atoms with Gasteiger partial charge in [0.05, 0.1) is 17.8 Å². The summed E-state index contributed by atoms with van der Waals surface area (Å²) in [7, 11) is 0. The van der Waals surface area contributed by atoms with Gasteiger partial charge in [0.1, 0.15) is 5.82 Å². The molecule has 0 spiro atoms. The van der Waals surface area contributed by atoms with Gasteiger partial charge < -0.3 is 20.5 Å². The molecule has 4 N–H and O–H groups in total. The summed E-state index contributed by atoms with van der Waals surface area (Å²) in [5, 5.41) is 22.2. The van der Waals surface area contributed by atoms with Gasteiger partial charge >= 0.3 is 0 Å². The van der Waals surface area contributed by atoms with E-state index in [1.165, 1.54) is 0 Å². The number of carbonyl (C=O) groups excluding carboxylic acids is 1. The molecule has 1 aliphatic carbocycles. The molecule has 0 radical (unpaired) electrons. The molecule has 1 aromatic carbocycles. The monoisotopic (exact) mass is 475 g/mol. The van der Waals surface area contributed by atoms with Crippen LogP contribution in [0.5, 0.6) is 0 Å². The lowest BCUT2D eigenvalue weighted by Crippen LogP contribution is -2.36. The van der Waals surface area contributed by atoms with Crippen LogP contribution in [-0.2, 0) is 11.3 Å². The van der Waals surface area contributed by atoms with Crippen molar-refractivity contribution in [2.45, 2.75) is 77.5 Å². The van der Waals surface area contributed by atoms with Crippen molar-refractivity contribution in [2.24, 2.45) is 11.8 Å². The molecule has 1 fully saturated rings. The van der Waals surface area contributed by atoms with Crippen LogP contribution in [0.25, 0.3) is 11.4 Å². The number of unbranched alkanes of at least 4 members (excludes halogenated alkanes) is 1. The van der Waals surface area contributed by atoms with Crippen LogP contribution in [0.3, 0.4) is 0 Å². The summed E-state index contributed by atoms with van der Waals surface area (Å²) < 4.78 is 0. The minimum absolute atomic E-state index is 0.0756. The van der Waals surface area contributed by atoms with Crippen LogP contribution < -0.4 is 10.9 Å². The summed E-state index contributed by atoms with van der Waals surface area (Å²) in [6.45, 7) is 4.31. The van der Waals surface area contributed by atoms with Crippen LogP contribution in [-0.4, -0.2) is 32.4 Å². The molecule has 1 atom stereocenters. The molecule has 0 bridgehead atoms. The molecule has 0 saturated heterocycles. The molecule has 1 amide bonds. The third-order valence-electron chi connectivity index (χ3n) is 6.63. The lowest BCUT2D eigenvalue weighted by Gasteiger charge is -2.28. The van der Waals surface area contributed by atoms with Gasteiger partial charge in [0.15, 0.2) is 6.29 Å². The number of halogens is 1. The van der Waals surface area contributed by atoms with E-state index in [0.717, 1.165) is 24.8 Å². The highest BCUT2D eigenvalue weighted by Gasteiger charge is 2.29. The van der Waals surface area contributed by atoms with Crippen molar-refractivity contribution >= 4 is 17.5 Å². The number of amides is 1. The molecule has 0 aliphatic heterocycles. The van der Waals surface area contributed by atoms with E-state index in [9.17, 15) is 19.8 Å². The predicted molar refractivity (Wildman–Crippen MR) is 129 cm³/mol. The zero-order valence-corrected chi connectivity index (χ0v) is 20.1. The van der Waals surface area contributed by atoms with Crippen molar-refractivity contribution in [3.8, 4) is 11.4 Å². The summed E-state index contributed by atoms with van der Waals surface area (Å²) in [5.74, 6) is 0.112. The molecule has 1 saturated carbocycles. The molecular formula is C25H34ClN3O4. The Bertz CT molecular complexity index is 982.